The minimum absolute atomic E-state index is 0.148. The largest absolute Gasteiger partial charge is 0.419 e. The molecule has 7 heteroatoms. The van der Waals surface area contributed by atoms with Crippen molar-refractivity contribution in [3.8, 4) is 0 Å². The molecule has 2 rings (SSSR count). The summed E-state index contributed by atoms with van der Waals surface area (Å²) >= 11 is 0. The minimum Gasteiger partial charge on any atom is -0.386 e. The Bertz CT molecular complexity index is 540. The minimum atomic E-state index is -4.67. The van der Waals surface area contributed by atoms with Crippen LogP contribution in [0.5, 0.6) is 0 Å². The van der Waals surface area contributed by atoms with Gasteiger partial charge in [-0.2, -0.15) is 13.2 Å². The van der Waals surface area contributed by atoms with Gasteiger partial charge in [0.05, 0.1) is 11.4 Å². The molecule has 1 aromatic rings. The van der Waals surface area contributed by atoms with E-state index in [2.05, 4.69) is 5.32 Å². The molecule has 3 nitrogen and oxygen atoms in total. The van der Waals surface area contributed by atoms with Crippen molar-refractivity contribution in [2.45, 2.75) is 13.1 Å². The van der Waals surface area contributed by atoms with Gasteiger partial charge in [0.25, 0.3) is 0 Å². The van der Waals surface area contributed by atoms with E-state index in [0.717, 1.165) is 12.1 Å². The number of alkyl halides is 3. The van der Waals surface area contributed by atoms with E-state index in [9.17, 15) is 17.6 Å². The van der Waals surface area contributed by atoms with Crippen molar-refractivity contribution in [2.75, 3.05) is 24.5 Å². The number of rotatable bonds is 4. The average Bonchev–Trinajstić information content (AvgIpc) is 2.80. The van der Waals surface area contributed by atoms with Crippen LogP contribution in [0.4, 0.5) is 23.2 Å². The third kappa shape index (κ3) is 3.59. The lowest BCUT2D eigenvalue weighted by atomic mass is 10.1. The number of hydrogen-bond donors (Lipinski definition) is 2. The number of hydrogen-bond acceptors (Lipinski definition) is 3. The van der Waals surface area contributed by atoms with Gasteiger partial charge in [-0.05, 0) is 31.2 Å². The van der Waals surface area contributed by atoms with Gasteiger partial charge in [0, 0.05) is 31.2 Å². The van der Waals surface area contributed by atoms with Crippen LogP contribution in [0.3, 0.4) is 0 Å². The first-order valence-corrected chi connectivity index (χ1v) is 6.64. The predicted octanol–water partition coefficient (Wildman–Crippen LogP) is 2.69. The molecule has 0 aromatic heterocycles. The van der Waals surface area contributed by atoms with Crippen molar-refractivity contribution in [3.05, 3.63) is 41.5 Å². The summed E-state index contributed by atoms with van der Waals surface area (Å²) in [5.41, 5.74) is 4.81. The molecule has 0 bridgehead atoms. The molecule has 0 unspecified atom stereocenters. The Labute approximate surface area is 120 Å². The Kier molecular flexibility index (Phi) is 4.29. The third-order valence-electron chi connectivity index (χ3n) is 3.44. The van der Waals surface area contributed by atoms with Crippen molar-refractivity contribution in [2.24, 2.45) is 11.7 Å². The molecular weight excluding hydrogens is 286 g/mol. The molecule has 1 aliphatic heterocycles. The molecule has 0 radical (unpaired) electrons. The van der Waals surface area contributed by atoms with Gasteiger partial charge in [0.2, 0.25) is 0 Å². The van der Waals surface area contributed by atoms with Crippen molar-refractivity contribution in [1.82, 2.24) is 5.32 Å². The molecule has 0 amide bonds. The van der Waals surface area contributed by atoms with E-state index in [0.29, 0.717) is 31.1 Å². The lowest BCUT2D eigenvalue weighted by Crippen LogP contribution is -2.31. The summed E-state index contributed by atoms with van der Waals surface area (Å²) < 4.78 is 51.3. The number of nitrogens with one attached hydrogen (secondary N) is 1. The highest BCUT2D eigenvalue weighted by Crippen LogP contribution is 2.33. The Hall–Kier alpha value is -1.92. The van der Waals surface area contributed by atoms with E-state index in [1.54, 1.807) is 0 Å². The third-order valence-corrected chi connectivity index (χ3v) is 3.44. The Morgan fingerprint density at radius 1 is 1.38 bits per heavy atom. The second kappa shape index (κ2) is 5.83. The summed E-state index contributed by atoms with van der Waals surface area (Å²) in [5, 5.41) is 2.98. The van der Waals surface area contributed by atoms with Crippen molar-refractivity contribution in [3.63, 3.8) is 0 Å². The van der Waals surface area contributed by atoms with E-state index < -0.39 is 17.6 Å². The lowest BCUT2D eigenvalue weighted by molar-refractivity contribution is -0.139. The first kappa shape index (κ1) is 15.5. The molecule has 3 N–H and O–H groups in total. The molecule has 1 aliphatic rings. The van der Waals surface area contributed by atoms with Gasteiger partial charge >= 0.3 is 6.18 Å². The Balaban J connectivity index is 2.17. The van der Waals surface area contributed by atoms with Crippen molar-refractivity contribution < 1.29 is 17.6 Å². The summed E-state index contributed by atoms with van der Waals surface area (Å²) in [6.45, 7) is 3.67. The maximum Gasteiger partial charge on any atom is 0.419 e. The maximum atomic E-state index is 13.6. The van der Waals surface area contributed by atoms with Gasteiger partial charge in [0.15, 0.2) is 0 Å². The number of benzene rings is 1. The SMILES string of the molecule is CCN(C[C@@H]1C=C(N)NC1)c1ccc(C(F)(F)F)c(F)c1. The van der Waals surface area contributed by atoms with Gasteiger partial charge < -0.3 is 16.0 Å². The smallest absolute Gasteiger partial charge is 0.386 e. The standard InChI is InChI=1S/C14H17F4N3/c1-2-21(8-9-5-13(19)20-7-9)10-3-4-11(12(15)6-10)14(16,17)18/h3-6,9,20H,2,7-8,19H2,1H3/t9-/m1/s1. The van der Waals surface area contributed by atoms with E-state index in [-0.39, 0.29) is 5.92 Å². The normalized spacial score (nSPS) is 18.3. The first-order chi connectivity index (χ1) is 9.81. The summed E-state index contributed by atoms with van der Waals surface area (Å²) in [4.78, 5) is 1.82. The molecule has 116 valence electrons. The van der Waals surface area contributed by atoms with Crippen LogP contribution in [0.15, 0.2) is 30.1 Å². The fourth-order valence-corrected chi connectivity index (χ4v) is 2.37. The molecule has 0 saturated heterocycles. The molecule has 0 spiro atoms. The Morgan fingerprint density at radius 2 is 2.10 bits per heavy atom. The summed E-state index contributed by atoms with van der Waals surface area (Å²) in [5.74, 6) is -0.511. The van der Waals surface area contributed by atoms with Crippen LogP contribution in [0.1, 0.15) is 12.5 Å². The van der Waals surface area contributed by atoms with Crippen LogP contribution in [0.25, 0.3) is 0 Å². The molecule has 21 heavy (non-hydrogen) atoms. The molecule has 0 aliphatic carbocycles. The van der Waals surface area contributed by atoms with Gasteiger partial charge in [0.1, 0.15) is 5.82 Å². The van der Waals surface area contributed by atoms with Gasteiger partial charge in [-0.3, -0.25) is 0 Å². The molecule has 1 heterocycles. The Morgan fingerprint density at radius 3 is 2.57 bits per heavy atom. The van der Waals surface area contributed by atoms with Crippen LogP contribution in [-0.4, -0.2) is 19.6 Å². The molecule has 0 fully saturated rings. The predicted molar refractivity (Wildman–Crippen MR) is 73.1 cm³/mol. The zero-order valence-corrected chi connectivity index (χ0v) is 11.5. The second-order valence-corrected chi connectivity index (χ2v) is 4.96. The van der Waals surface area contributed by atoms with E-state index in [1.165, 1.54) is 6.07 Å². The van der Waals surface area contributed by atoms with Crippen molar-refractivity contribution >= 4 is 5.69 Å². The van der Waals surface area contributed by atoms with Crippen LogP contribution >= 0.6 is 0 Å². The lowest BCUT2D eigenvalue weighted by Gasteiger charge is -2.26. The summed E-state index contributed by atoms with van der Waals surface area (Å²) in [6.07, 6.45) is -2.81. The number of nitrogens with zero attached hydrogens (tertiary/aromatic N) is 1. The number of anilines is 1. The van der Waals surface area contributed by atoms with Gasteiger partial charge in [-0.15, -0.1) is 0 Å². The van der Waals surface area contributed by atoms with E-state index in [4.69, 9.17) is 5.73 Å². The van der Waals surface area contributed by atoms with Crippen molar-refractivity contribution in [1.29, 1.82) is 0 Å². The van der Waals surface area contributed by atoms with Crippen LogP contribution in [0, 0.1) is 11.7 Å². The summed E-state index contributed by atoms with van der Waals surface area (Å²) in [6, 6.07) is 3.01. The van der Waals surface area contributed by atoms with Crippen LogP contribution in [-0.2, 0) is 6.18 Å². The van der Waals surface area contributed by atoms with E-state index in [1.807, 2.05) is 17.9 Å². The van der Waals surface area contributed by atoms with Crippen LogP contribution in [0.2, 0.25) is 0 Å². The van der Waals surface area contributed by atoms with Crippen LogP contribution < -0.4 is 16.0 Å². The maximum absolute atomic E-state index is 13.6. The average molecular weight is 303 g/mol. The summed E-state index contributed by atoms with van der Waals surface area (Å²) in [7, 11) is 0. The molecule has 0 saturated carbocycles. The zero-order chi connectivity index (χ0) is 15.6. The number of nitrogens with two attached hydrogens (primary N) is 1. The number of halogens is 4. The monoisotopic (exact) mass is 303 g/mol. The van der Waals surface area contributed by atoms with E-state index >= 15 is 0 Å². The fourth-order valence-electron chi connectivity index (χ4n) is 2.37. The topological polar surface area (TPSA) is 41.3 Å². The highest BCUT2D eigenvalue weighted by molar-refractivity contribution is 5.49. The molecular formula is C14H17F4N3. The fraction of sp³-hybridized carbons (Fsp3) is 0.429. The quantitative estimate of drug-likeness (QED) is 0.840. The first-order valence-electron chi connectivity index (χ1n) is 6.64. The highest BCUT2D eigenvalue weighted by atomic mass is 19.4. The highest BCUT2D eigenvalue weighted by Gasteiger charge is 2.34. The zero-order valence-electron chi connectivity index (χ0n) is 11.5. The molecule has 1 aromatic carbocycles. The van der Waals surface area contributed by atoms with Gasteiger partial charge in [-0.1, -0.05) is 0 Å². The van der Waals surface area contributed by atoms with Gasteiger partial charge in [-0.25, -0.2) is 4.39 Å². The molecule has 1 atom stereocenters. The second-order valence-electron chi connectivity index (χ2n) is 4.96.